The molecule has 4 aliphatic rings. The molecule has 0 unspecified atom stereocenters. The zero-order valence-corrected chi connectivity index (χ0v) is 35.8. The molecule has 11 nitrogen and oxygen atoms in total. The Labute approximate surface area is 362 Å². The van der Waals surface area contributed by atoms with Gasteiger partial charge in [-0.3, -0.25) is 14.5 Å². The fourth-order valence-electron chi connectivity index (χ4n) is 10.3. The van der Waals surface area contributed by atoms with Crippen LogP contribution in [-0.2, 0) is 29.2 Å². The number of hydrogen-bond acceptors (Lipinski definition) is 8. The number of nitrogens with two attached hydrogens (primary N) is 1. The summed E-state index contributed by atoms with van der Waals surface area (Å²) in [6, 6.07) is 28.2. The summed E-state index contributed by atoms with van der Waals surface area (Å²) in [6.07, 6.45) is 9.74. The maximum Gasteiger partial charge on any atom is 0.415 e. The molecule has 11 heteroatoms. The van der Waals surface area contributed by atoms with Crippen LogP contribution < -0.4 is 25.8 Å². The van der Waals surface area contributed by atoms with Gasteiger partial charge in [0.1, 0.15) is 17.5 Å². The van der Waals surface area contributed by atoms with Crippen molar-refractivity contribution in [3.8, 4) is 11.5 Å². The van der Waals surface area contributed by atoms with Crippen molar-refractivity contribution >= 4 is 28.7 Å². The van der Waals surface area contributed by atoms with Crippen LogP contribution in [0, 0.1) is 11.3 Å². The molecule has 2 aliphatic carbocycles. The lowest BCUT2D eigenvalue weighted by Gasteiger charge is -2.43. The lowest BCUT2D eigenvalue weighted by Crippen LogP contribution is -2.65. The molecule has 0 aromatic heterocycles. The predicted molar refractivity (Wildman–Crippen MR) is 239 cm³/mol. The lowest BCUT2D eigenvalue weighted by molar-refractivity contribution is -0.145. The van der Waals surface area contributed by atoms with Gasteiger partial charge in [-0.1, -0.05) is 111 Å². The highest BCUT2D eigenvalue weighted by Crippen LogP contribution is 2.44. The molecule has 324 valence electrons. The van der Waals surface area contributed by atoms with Gasteiger partial charge in [-0.15, -0.1) is 0 Å². The minimum absolute atomic E-state index is 0.0270. The Hall–Kier alpha value is -4.97. The van der Waals surface area contributed by atoms with E-state index in [9.17, 15) is 11.0 Å². The Morgan fingerprint density at radius 1 is 0.852 bits per heavy atom. The van der Waals surface area contributed by atoms with Crippen LogP contribution in [0.5, 0.6) is 11.5 Å². The number of amides is 3. The monoisotopic (exact) mass is 830 g/mol. The molecule has 4 aromatic carbocycles. The maximum atomic E-state index is 15.1. The zero-order valence-electron chi connectivity index (χ0n) is 36.8. The molecule has 8 rings (SSSR count). The highest BCUT2D eigenvalue weighted by atomic mass is 16.6. The van der Waals surface area contributed by atoms with E-state index < -0.39 is 24.1 Å². The predicted octanol–water partition coefficient (Wildman–Crippen LogP) is 7.40. The molecule has 4 fully saturated rings. The van der Waals surface area contributed by atoms with Crippen LogP contribution in [0.3, 0.4) is 0 Å². The third-order valence-electron chi connectivity index (χ3n) is 13.8. The van der Waals surface area contributed by atoms with E-state index in [2.05, 4.69) is 45.9 Å². The van der Waals surface area contributed by atoms with Crippen molar-refractivity contribution in [1.29, 1.82) is 0 Å². The number of carbonyl (C=O) groups excluding carboxylic acids is 3. The number of nitrogens with one attached hydrogen (secondary N) is 2. The fourth-order valence-corrected chi connectivity index (χ4v) is 10.3. The highest BCUT2D eigenvalue weighted by Gasteiger charge is 2.44. The molecule has 2 aliphatic heterocycles. The standard InChI is InChI=1S/C50H64N6O5/c1-60-46-30-38(19-20-40(46)31-51)32-52-47(57)44-34-55(49(59)61-45-18-10-16-39-15-8-9-17-42(39)45)27-28-56(44)48(58)43(29-36-11-4-2-5-12-36)53-41-21-23-50(24-22-41)25-26-54(35-50)33-37-13-6-3-7-14-37/h3,6-10,13-20,30,36,41,43-44,53H,2,4-5,11-12,21-29,31-35,51H2,1H3,(H,52,57)/t41?,43-,44-,50?/m0/s1/i36D. The number of ether oxygens (including phenoxy) is 2. The van der Waals surface area contributed by atoms with Crippen molar-refractivity contribution in [2.24, 2.45) is 17.0 Å². The van der Waals surface area contributed by atoms with E-state index in [4.69, 9.17) is 15.2 Å². The average molecular weight is 830 g/mol. The van der Waals surface area contributed by atoms with Crippen LogP contribution >= 0.6 is 0 Å². The zero-order chi connectivity index (χ0) is 43.1. The number of nitrogens with zero attached hydrogens (tertiary/aromatic N) is 3. The van der Waals surface area contributed by atoms with Crippen LogP contribution in [0.4, 0.5) is 4.79 Å². The van der Waals surface area contributed by atoms with Crippen LogP contribution in [0.15, 0.2) is 91.0 Å². The normalized spacial score (nSPS) is 23.7. The summed E-state index contributed by atoms with van der Waals surface area (Å²) in [4.78, 5) is 49.2. The summed E-state index contributed by atoms with van der Waals surface area (Å²) < 4.78 is 21.1. The third kappa shape index (κ3) is 10.4. The van der Waals surface area contributed by atoms with Gasteiger partial charge in [0.05, 0.1) is 19.7 Å². The number of rotatable bonds is 13. The first-order valence-electron chi connectivity index (χ1n) is 23.0. The first-order chi connectivity index (χ1) is 30.1. The van der Waals surface area contributed by atoms with Crippen LogP contribution in [-0.4, -0.2) is 90.6 Å². The molecule has 4 N–H and O–H groups in total. The van der Waals surface area contributed by atoms with Gasteiger partial charge in [0, 0.05) is 57.6 Å². The van der Waals surface area contributed by atoms with Gasteiger partial charge in [0.2, 0.25) is 11.8 Å². The molecule has 1 spiro atoms. The van der Waals surface area contributed by atoms with Crippen LogP contribution in [0.2, 0.25) is 0 Å². The Morgan fingerprint density at radius 2 is 1.62 bits per heavy atom. The van der Waals surface area contributed by atoms with Gasteiger partial charge in [0.25, 0.3) is 0 Å². The summed E-state index contributed by atoms with van der Waals surface area (Å²) in [5.41, 5.74) is 9.23. The Morgan fingerprint density at radius 3 is 2.41 bits per heavy atom. The first kappa shape index (κ1) is 41.4. The van der Waals surface area contributed by atoms with Crippen molar-refractivity contribution in [3.05, 3.63) is 108 Å². The summed E-state index contributed by atoms with van der Waals surface area (Å²) >= 11 is 0. The lowest BCUT2D eigenvalue weighted by atomic mass is 9.71. The van der Waals surface area contributed by atoms with Gasteiger partial charge in [0.15, 0.2) is 0 Å². The van der Waals surface area contributed by atoms with Crippen molar-refractivity contribution < 1.29 is 25.2 Å². The van der Waals surface area contributed by atoms with Gasteiger partial charge in [-0.05, 0) is 85.0 Å². The number of piperazine rings is 1. The van der Waals surface area contributed by atoms with Gasteiger partial charge in [-0.2, -0.15) is 0 Å². The fraction of sp³-hybridized carbons (Fsp3) is 0.500. The maximum absolute atomic E-state index is 15.1. The molecule has 2 atom stereocenters. The van der Waals surface area contributed by atoms with Crippen LogP contribution in [0.1, 0.15) is 88.7 Å². The van der Waals surface area contributed by atoms with E-state index in [1.807, 2.05) is 54.6 Å². The first-order valence-corrected chi connectivity index (χ1v) is 22.5. The molecular weight excluding hydrogens is 765 g/mol. The van der Waals surface area contributed by atoms with E-state index in [0.717, 1.165) is 99.3 Å². The average Bonchev–Trinajstić information content (AvgIpc) is 3.69. The highest BCUT2D eigenvalue weighted by molar-refractivity contribution is 5.92. The Bertz CT molecular complexity index is 2170. The second-order valence-electron chi connectivity index (χ2n) is 17.9. The van der Waals surface area contributed by atoms with E-state index >= 15 is 4.79 Å². The summed E-state index contributed by atoms with van der Waals surface area (Å²) in [5, 5.41) is 8.66. The van der Waals surface area contributed by atoms with Gasteiger partial charge in [-0.25, -0.2) is 4.79 Å². The number of fused-ring (bicyclic) bond motifs is 1. The number of benzene rings is 4. The van der Waals surface area contributed by atoms with Gasteiger partial charge >= 0.3 is 6.09 Å². The molecular formula is C50H64N6O5. The Kier molecular flexibility index (Phi) is 13.4. The van der Waals surface area contributed by atoms with E-state index in [1.165, 1.54) is 16.9 Å². The second-order valence-corrected chi connectivity index (χ2v) is 17.9. The van der Waals surface area contributed by atoms with Crippen molar-refractivity contribution in [3.63, 3.8) is 0 Å². The number of likely N-dealkylation sites (tertiary alicyclic amines) is 1. The minimum atomic E-state index is -0.970. The number of hydrogen-bond donors (Lipinski definition) is 3. The minimum Gasteiger partial charge on any atom is -0.496 e. The molecule has 0 bridgehead atoms. The molecule has 2 saturated carbocycles. The van der Waals surface area contributed by atoms with Crippen molar-refractivity contribution in [1.82, 2.24) is 25.3 Å². The molecule has 4 aromatic rings. The summed E-state index contributed by atoms with van der Waals surface area (Å²) in [7, 11) is 1.59. The number of methoxy groups -OCH3 is 1. The largest absolute Gasteiger partial charge is 0.496 e. The van der Waals surface area contributed by atoms with Crippen molar-refractivity contribution in [2.75, 3.05) is 39.8 Å². The topological polar surface area (TPSA) is 129 Å². The Balaban J connectivity index is 0.994. The molecule has 2 saturated heterocycles. The molecule has 61 heavy (non-hydrogen) atoms. The van der Waals surface area contributed by atoms with Crippen LogP contribution in [0.25, 0.3) is 10.8 Å². The van der Waals surface area contributed by atoms with Crippen molar-refractivity contribution in [2.45, 2.75) is 108 Å². The molecule has 3 amide bonds. The van der Waals surface area contributed by atoms with E-state index in [-0.39, 0.29) is 44.0 Å². The third-order valence-corrected chi connectivity index (χ3v) is 13.8. The molecule has 0 radical (unpaired) electrons. The smallest absolute Gasteiger partial charge is 0.415 e. The van der Waals surface area contributed by atoms with E-state index in [1.54, 1.807) is 18.1 Å². The quantitative estimate of drug-likeness (QED) is 0.127. The summed E-state index contributed by atoms with van der Waals surface area (Å²) in [5.74, 6) is -0.172. The second kappa shape index (κ2) is 19.8. The van der Waals surface area contributed by atoms with E-state index in [0.29, 0.717) is 29.9 Å². The summed E-state index contributed by atoms with van der Waals surface area (Å²) in [6.45, 7) is 4.04. The SMILES string of the molecule is [2H]C1(C[C@H](NC2CCC3(CC2)CCN(Cc2ccccc2)C3)C(=O)N2CCN(C(=O)Oc3cccc4ccccc34)C[C@H]2C(=O)NCc2ccc(CN)c(OC)c2)CCCCC1. The number of carbonyl (C=O) groups is 3. The molecule has 2 heterocycles. The van der Waals surface area contributed by atoms with Gasteiger partial charge < -0.3 is 35.6 Å².